The molecule has 3 aromatic carbocycles. The molecule has 0 bridgehead atoms. The zero-order chi connectivity index (χ0) is 17.5. The fraction of sp³-hybridized carbons (Fsp3) is 0.0455. The van der Waals surface area contributed by atoms with Gasteiger partial charge in [-0.2, -0.15) is 5.10 Å². The zero-order valence-corrected chi connectivity index (χ0v) is 14.3. The van der Waals surface area contributed by atoms with Crippen LogP contribution in [0.1, 0.15) is 5.56 Å². The molecule has 0 saturated heterocycles. The first kappa shape index (κ1) is 14.8. The van der Waals surface area contributed by atoms with Gasteiger partial charge in [-0.25, -0.2) is 9.67 Å². The van der Waals surface area contributed by atoms with Crippen LogP contribution in [-0.2, 0) is 0 Å². The van der Waals surface area contributed by atoms with E-state index >= 15 is 0 Å². The molecule has 4 heteroatoms. The molecule has 0 unspecified atom stereocenters. The second-order valence-electron chi connectivity index (χ2n) is 6.36. The third kappa shape index (κ3) is 2.35. The van der Waals surface area contributed by atoms with E-state index in [0.29, 0.717) is 0 Å². The summed E-state index contributed by atoms with van der Waals surface area (Å²) in [5.41, 5.74) is 5.88. The number of hydrogen-bond acceptors (Lipinski definition) is 3. The molecule has 0 amide bonds. The molecule has 5 rings (SSSR count). The van der Waals surface area contributed by atoms with E-state index in [9.17, 15) is 0 Å². The summed E-state index contributed by atoms with van der Waals surface area (Å²) in [4.78, 5) is 9.21. The normalized spacial score (nSPS) is 11.3. The van der Waals surface area contributed by atoms with E-state index < -0.39 is 0 Å². The Balaban J connectivity index is 1.63. The third-order valence-electron chi connectivity index (χ3n) is 4.69. The predicted molar refractivity (Wildman–Crippen MR) is 104 cm³/mol. The van der Waals surface area contributed by atoms with Crippen molar-refractivity contribution >= 4 is 21.8 Å². The first-order chi connectivity index (χ1) is 12.8. The second-order valence-corrected chi connectivity index (χ2v) is 6.36. The van der Waals surface area contributed by atoms with Crippen molar-refractivity contribution in [1.82, 2.24) is 19.7 Å². The average Bonchev–Trinajstić information content (AvgIpc) is 3.18. The van der Waals surface area contributed by atoms with Gasteiger partial charge in [0, 0.05) is 17.1 Å². The molecule has 0 aliphatic carbocycles. The van der Waals surface area contributed by atoms with E-state index in [4.69, 9.17) is 4.98 Å². The lowest BCUT2D eigenvalue weighted by Gasteiger charge is -2.08. The summed E-state index contributed by atoms with van der Waals surface area (Å²) in [6, 6.07) is 20.5. The second kappa shape index (κ2) is 5.77. The number of aryl methyl sites for hydroxylation is 1. The summed E-state index contributed by atoms with van der Waals surface area (Å²) < 4.78 is 1.91. The molecule has 0 spiro atoms. The Bertz CT molecular complexity index is 1250. The SMILES string of the molecule is Cc1ccc(-n2cc(-c3cnc4ccccc4n3)cn2)c2ccccc12. The topological polar surface area (TPSA) is 43.6 Å². The van der Waals surface area contributed by atoms with Crippen LogP contribution in [0.5, 0.6) is 0 Å². The molecule has 0 saturated carbocycles. The first-order valence-electron chi connectivity index (χ1n) is 8.55. The van der Waals surface area contributed by atoms with Gasteiger partial charge in [-0.05, 0) is 36.1 Å². The summed E-state index contributed by atoms with van der Waals surface area (Å²) in [5, 5.41) is 7.00. The Morgan fingerprint density at radius 3 is 2.42 bits per heavy atom. The van der Waals surface area contributed by atoms with Crippen molar-refractivity contribution in [1.29, 1.82) is 0 Å². The van der Waals surface area contributed by atoms with E-state index in [2.05, 4.69) is 53.4 Å². The summed E-state index contributed by atoms with van der Waals surface area (Å²) in [7, 11) is 0. The van der Waals surface area contributed by atoms with Crippen LogP contribution >= 0.6 is 0 Å². The van der Waals surface area contributed by atoms with Crippen LogP contribution in [0.3, 0.4) is 0 Å². The molecule has 0 atom stereocenters. The van der Waals surface area contributed by atoms with Crippen LogP contribution in [0.25, 0.3) is 38.8 Å². The van der Waals surface area contributed by atoms with Gasteiger partial charge >= 0.3 is 0 Å². The van der Waals surface area contributed by atoms with Crippen LogP contribution in [0.15, 0.2) is 79.3 Å². The molecule has 124 valence electrons. The van der Waals surface area contributed by atoms with Gasteiger partial charge in [0.05, 0.1) is 34.8 Å². The lowest BCUT2D eigenvalue weighted by Crippen LogP contribution is -1.96. The highest BCUT2D eigenvalue weighted by molar-refractivity contribution is 5.92. The van der Waals surface area contributed by atoms with Gasteiger partial charge < -0.3 is 0 Å². The monoisotopic (exact) mass is 336 g/mol. The van der Waals surface area contributed by atoms with Crippen LogP contribution < -0.4 is 0 Å². The van der Waals surface area contributed by atoms with Crippen molar-refractivity contribution in [3.8, 4) is 16.9 Å². The summed E-state index contributed by atoms with van der Waals surface area (Å²) >= 11 is 0. The fourth-order valence-electron chi connectivity index (χ4n) is 3.32. The van der Waals surface area contributed by atoms with Crippen molar-refractivity contribution < 1.29 is 0 Å². The van der Waals surface area contributed by atoms with Gasteiger partial charge in [0.2, 0.25) is 0 Å². The van der Waals surface area contributed by atoms with E-state index in [-0.39, 0.29) is 0 Å². The maximum absolute atomic E-state index is 4.71. The smallest absolute Gasteiger partial charge is 0.0924 e. The van der Waals surface area contributed by atoms with Crippen molar-refractivity contribution in [2.24, 2.45) is 0 Å². The van der Waals surface area contributed by atoms with Gasteiger partial charge in [-0.3, -0.25) is 4.98 Å². The van der Waals surface area contributed by atoms with E-state index in [1.54, 1.807) is 6.20 Å². The van der Waals surface area contributed by atoms with Gasteiger partial charge in [-0.15, -0.1) is 0 Å². The van der Waals surface area contributed by atoms with Crippen molar-refractivity contribution in [3.63, 3.8) is 0 Å². The molecule has 4 nitrogen and oxygen atoms in total. The van der Waals surface area contributed by atoms with Crippen LogP contribution in [0.2, 0.25) is 0 Å². The van der Waals surface area contributed by atoms with Crippen LogP contribution in [0.4, 0.5) is 0 Å². The maximum atomic E-state index is 4.71. The molecular formula is C22H16N4. The Morgan fingerprint density at radius 2 is 1.54 bits per heavy atom. The highest BCUT2D eigenvalue weighted by Gasteiger charge is 2.09. The summed E-state index contributed by atoms with van der Waals surface area (Å²) in [5.74, 6) is 0. The fourth-order valence-corrected chi connectivity index (χ4v) is 3.32. The van der Waals surface area contributed by atoms with Gasteiger partial charge in [0.25, 0.3) is 0 Å². The minimum Gasteiger partial charge on any atom is -0.252 e. The van der Waals surface area contributed by atoms with E-state index in [1.807, 2.05) is 41.3 Å². The predicted octanol–water partition coefficient (Wildman–Crippen LogP) is 4.94. The number of fused-ring (bicyclic) bond motifs is 2. The number of para-hydroxylation sites is 2. The van der Waals surface area contributed by atoms with E-state index in [0.717, 1.165) is 28.0 Å². The van der Waals surface area contributed by atoms with Crippen LogP contribution in [-0.4, -0.2) is 19.7 Å². The highest BCUT2D eigenvalue weighted by atomic mass is 15.3. The molecular weight excluding hydrogens is 320 g/mol. The summed E-state index contributed by atoms with van der Waals surface area (Å²) in [6.45, 7) is 2.13. The molecule has 2 aromatic heterocycles. The molecule has 0 N–H and O–H groups in total. The number of rotatable bonds is 2. The van der Waals surface area contributed by atoms with Crippen molar-refractivity contribution in [2.75, 3.05) is 0 Å². The number of benzene rings is 3. The molecule has 0 radical (unpaired) electrons. The minimum absolute atomic E-state index is 0.825. The Hall–Kier alpha value is -3.53. The Labute approximate surface area is 150 Å². The molecule has 26 heavy (non-hydrogen) atoms. The molecule has 0 fully saturated rings. The molecule has 0 aliphatic heterocycles. The number of nitrogens with zero attached hydrogens (tertiary/aromatic N) is 4. The number of hydrogen-bond donors (Lipinski definition) is 0. The summed E-state index contributed by atoms with van der Waals surface area (Å²) in [6.07, 6.45) is 5.65. The Kier molecular flexibility index (Phi) is 3.28. The maximum Gasteiger partial charge on any atom is 0.0924 e. The third-order valence-corrected chi connectivity index (χ3v) is 4.69. The van der Waals surface area contributed by atoms with E-state index in [1.165, 1.54) is 16.3 Å². The van der Waals surface area contributed by atoms with Crippen LogP contribution in [0, 0.1) is 6.92 Å². The Morgan fingerprint density at radius 1 is 0.769 bits per heavy atom. The molecule has 5 aromatic rings. The zero-order valence-electron chi connectivity index (χ0n) is 14.3. The largest absolute Gasteiger partial charge is 0.252 e. The van der Waals surface area contributed by atoms with Gasteiger partial charge in [-0.1, -0.05) is 42.5 Å². The molecule has 0 aliphatic rings. The molecule has 2 heterocycles. The first-order valence-corrected chi connectivity index (χ1v) is 8.55. The number of aromatic nitrogens is 4. The van der Waals surface area contributed by atoms with Crippen molar-refractivity contribution in [2.45, 2.75) is 6.92 Å². The van der Waals surface area contributed by atoms with Gasteiger partial charge in [0.15, 0.2) is 0 Å². The highest BCUT2D eigenvalue weighted by Crippen LogP contribution is 2.26. The lowest BCUT2D eigenvalue weighted by molar-refractivity contribution is 0.887. The quantitative estimate of drug-likeness (QED) is 0.458. The lowest BCUT2D eigenvalue weighted by atomic mass is 10.0. The minimum atomic E-state index is 0.825. The average molecular weight is 336 g/mol. The standard InChI is InChI=1S/C22H16N4/c1-15-10-11-22(18-7-3-2-6-17(15)18)26-14-16(12-24-26)21-13-23-19-8-4-5-9-20(19)25-21/h2-14H,1H3. The van der Waals surface area contributed by atoms with Crippen molar-refractivity contribution in [3.05, 3.63) is 84.8 Å². The van der Waals surface area contributed by atoms with Gasteiger partial charge in [0.1, 0.15) is 0 Å².